The predicted molar refractivity (Wildman–Crippen MR) is 203 cm³/mol. The molecule has 0 saturated carbocycles. The topological polar surface area (TPSA) is 216 Å². The SMILES string of the molecule is C[C@@H]1CC[C@@H](n2ncc(C(C)(C)O)n2)CN1.C[C@@H]1CC[C@@H](n2ncc(C(C)(C)O)n2)CN1C(=O)c1cccnc1OCC(F)F.O=C(O)c1cccnc1OCC(F)F. The summed E-state index contributed by atoms with van der Waals surface area (Å²) in [5, 5.41) is 49.1. The number of ether oxygens (including phenoxy) is 2. The van der Waals surface area contributed by atoms with Gasteiger partial charge in [-0.05, 0) is 91.5 Å². The third kappa shape index (κ3) is 13.6. The number of carboxylic acid groups (broad SMARTS) is 1. The molecular formula is C38H52F4N10O7. The second-order valence-electron chi connectivity index (χ2n) is 15.2. The molecule has 0 unspecified atom stereocenters. The lowest BCUT2D eigenvalue weighted by molar-refractivity contribution is 0.0515. The number of aromatic nitrogens is 8. The van der Waals surface area contributed by atoms with E-state index in [1.165, 1.54) is 41.6 Å². The summed E-state index contributed by atoms with van der Waals surface area (Å²) in [5.74, 6) is -1.99. The van der Waals surface area contributed by atoms with Gasteiger partial charge in [0.25, 0.3) is 18.8 Å². The van der Waals surface area contributed by atoms with Gasteiger partial charge in [-0.25, -0.2) is 32.3 Å². The highest BCUT2D eigenvalue weighted by Gasteiger charge is 2.34. The Balaban J connectivity index is 0.000000216. The number of hydrogen-bond acceptors (Lipinski definition) is 13. The Morgan fingerprint density at radius 1 is 0.797 bits per heavy atom. The van der Waals surface area contributed by atoms with Crippen molar-refractivity contribution in [2.45, 2.75) is 115 Å². The number of aromatic carboxylic acids is 1. The standard InChI is InChI=1S/C19H25F2N5O3.C11H20N4O.C8H7F2NO3/c1-12-6-7-13(26-23-9-15(24-26)19(2,3)28)10-25(12)18(27)14-5-4-8-22-17(14)29-11-16(20)21;1-8-4-5-9(6-12-8)15-13-7-10(14-15)11(2,3)16;9-6(10)4-14-7-5(8(12)13)2-1-3-11-7/h4-5,8-9,12-13,16,28H,6-7,10-11H2,1-3H3;7-9,12,16H,4-6H2,1-3H3;1-3,6H,4H2,(H,12,13)/t12-,13-;8-,9-;/m11./s1. The molecule has 59 heavy (non-hydrogen) atoms. The number of likely N-dealkylation sites (tertiary alicyclic amines) is 1. The molecule has 2 fully saturated rings. The summed E-state index contributed by atoms with van der Waals surface area (Å²) < 4.78 is 58.1. The number of rotatable bonds is 12. The zero-order valence-electron chi connectivity index (χ0n) is 33.8. The van der Waals surface area contributed by atoms with E-state index in [0.29, 0.717) is 30.0 Å². The average molecular weight is 837 g/mol. The summed E-state index contributed by atoms with van der Waals surface area (Å²) in [7, 11) is 0. The molecule has 0 bridgehead atoms. The van der Waals surface area contributed by atoms with Gasteiger partial charge in [0, 0.05) is 37.6 Å². The Kier molecular flexibility index (Phi) is 16.2. The van der Waals surface area contributed by atoms with Crippen molar-refractivity contribution in [3.63, 3.8) is 0 Å². The lowest BCUT2D eigenvalue weighted by atomic mass is 9.98. The van der Waals surface area contributed by atoms with E-state index in [1.54, 1.807) is 49.7 Å². The van der Waals surface area contributed by atoms with E-state index in [1.807, 2.05) is 6.92 Å². The first-order valence-electron chi connectivity index (χ1n) is 19.0. The van der Waals surface area contributed by atoms with Crippen molar-refractivity contribution in [2.24, 2.45) is 0 Å². The van der Waals surface area contributed by atoms with E-state index in [2.05, 4.69) is 47.3 Å². The van der Waals surface area contributed by atoms with Gasteiger partial charge in [-0.1, -0.05) is 0 Å². The largest absolute Gasteiger partial charge is 0.477 e. The molecule has 0 aromatic carbocycles. The van der Waals surface area contributed by atoms with Gasteiger partial charge in [-0.3, -0.25) is 4.79 Å². The maximum Gasteiger partial charge on any atom is 0.341 e. The smallest absolute Gasteiger partial charge is 0.341 e. The van der Waals surface area contributed by atoms with Gasteiger partial charge in [0.05, 0.1) is 24.5 Å². The van der Waals surface area contributed by atoms with Crippen molar-refractivity contribution in [3.05, 3.63) is 71.6 Å². The molecule has 2 aliphatic heterocycles. The van der Waals surface area contributed by atoms with Crippen LogP contribution in [0.1, 0.15) is 111 Å². The zero-order chi connectivity index (χ0) is 43.5. The molecule has 2 saturated heterocycles. The number of piperidine rings is 2. The average Bonchev–Trinajstić information content (AvgIpc) is 3.90. The van der Waals surface area contributed by atoms with Crippen molar-refractivity contribution in [1.82, 2.24) is 50.2 Å². The Morgan fingerprint density at radius 2 is 1.29 bits per heavy atom. The molecular weight excluding hydrogens is 784 g/mol. The molecule has 4 aromatic heterocycles. The van der Waals surface area contributed by atoms with Crippen LogP contribution in [0.25, 0.3) is 0 Å². The van der Waals surface area contributed by atoms with Crippen LogP contribution in [0.15, 0.2) is 49.1 Å². The molecule has 2 aliphatic rings. The van der Waals surface area contributed by atoms with Crippen LogP contribution in [-0.4, -0.2) is 123 Å². The van der Waals surface area contributed by atoms with Crippen molar-refractivity contribution in [1.29, 1.82) is 0 Å². The van der Waals surface area contributed by atoms with Gasteiger partial charge < -0.3 is 35.0 Å². The first-order chi connectivity index (χ1) is 27.7. The summed E-state index contributed by atoms with van der Waals surface area (Å²) in [6.07, 6.45) is 4.25. The number of carbonyl (C=O) groups excluding carboxylic acids is 1. The number of pyridine rings is 2. The zero-order valence-corrected chi connectivity index (χ0v) is 33.8. The summed E-state index contributed by atoms with van der Waals surface area (Å²) in [6, 6.07) is 6.39. The number of alkyl halides is 4. The molecule has 6 rings (SSSR count). The second kappa shape index (κ2) is 20.6. The fraction of sp³-hybridized carbons (Fsp3) is 0.579. The molecule has 0 radical (unpaired) electrons. The molecule has 0 aliphatic carbocycles. The highest BCUT2D eigenvalue weighted by atomic mass is 19.3. The first-order valence-corrected chi connectivity index (χ1v) is 19.0. The van der Waals surface area contributed by atoms with Gasteiger partial charge >= 0.3 is 5.97 Å². The van der Waals surface area contributed by atoms with Gasteiger partial charge in [0.1, 0.15) is 33.7 Å². The third-order valence-corrected chi connectivity index (χ3v) is 9.37. The molecule has 4 N–H and O–H groups in total. The predicted octanol–water partition coefficient (Wildman–Crippen LogP) is 4.65. The monoisotopic (exact) mass is 836 g/mol. The highest BCUT2D eigenvalue weighted by Crippen LogP contribution is 2.29. The van der Waals surface area contributed by atoms with Gasteiger partial charge in [0.2, 0.25) is 11.8 Å². The first kappa shape index (κ1) is 46.4. The quantitative estimate of drug-likeness (QED) is 0.143. The van der Waals surface area contributed by atoms with Crippen molar-refractivity contribution < 1.29 is 51.9 Å². The minimum atomic E-state index is -2.66. The van der Waals surface area contributed by atoms with Gasteiger partial charge in [0.15, 0.2) is 13.2 Å². The van der Waals surface area contributed by atoms with E-state index in [-0.39, 0.29) is 40.9 Å². The Hall–Kier alpha value is -5.28. The van der Waals surface area contributed by atoms with Crippen LogP contribution in [0.2, 0.25) is 0 Å². The number of halogens is 4. The van der Waals surface area contributed by atoms with Crippen molar-refractivity contribution in [3.8, 4) is 11.8 Å². The highest BCUT2D eigenvalue weighted by molar-refractivity contribution is 5.96. The van der Waals surface area contributed by atoms with Crippen LogP contribution in [-0.2, 0) is 11.2 Å². The summed E-state index contributed by atoms with van der Waals surface area (Å²) in [6.45, 7) is 10.4. The molecule has 1 amide bonds. The van der Waals surface area contributed by atoms with Crippen molar-refractivity contribution >= 4 is 11.9 Å². The fourth-order valence-corrected chi connectivity index (χ4v) is 5.98. The summed E-state index contributed by atoms with van der Waals surface area (Å²) >= 11 is 0. The minimum absolute atomic E-state index is 0.0498. The minimum Gasteiger partial charge on any atom is -0.477 e. The third-order valence-electron chi connectivity index (χ3n) is 9.37. The fourth-order valence-electron chi connectivity index (χ4n) is 5.98. The number of amides is 1. The number of carbonyl (C=O) groups is 2. The molecule has 4 aromatic rings. The maximum absolute atomic E-state index is 13.1. The molecule has 21 heteroatoms. The van der Waals surface area contributed by atoms with Crippen LogP contribution >= 0.6 is 0 Å². The second-order valence-corrected chi connectivity index (χ2v) is 15.2. The van der Waals surface area contributed by atoms with Gasteiger partial charge in [-0.15, -0.1) is 0 Å². The Bertz CT molecular complexity index is 1950. The van der Waals surface area contributed by atoms with Crippen LogP contribution < -0.4 is 14.8 Å². The Morgan fingerprint density at radius 3 is 1.75 bits per heavy atom. The van der Waals surface area contributed by atoms with E-state index in [4.69, 9.17) is 9.84 Å². The van der Waals surface area contributed by atoms with Crippen LogP contribution in [0.3, 0.4) is 0 Å². The Labute approximate surface area is 338 Å². The van der Waals surface area contributed by atoms with E-state index in [9.17, 15) is 37.4 Å². The molecule has 6 heterocycles. The van der Waals surface area contributed by atoms with E-state index in [0.717, 1.165) is 32.2 Å². The number of nitrogens with zero attached hydrogens (tertiary/aromatic N) is 9. The lowest BCUT2D eigenvalue weighted by Crippen LogP contribution is -2.46. The lowest BCUT2D eigenvalue weighted by Gasteiger charge is -2.37. The molecule has 324 valence electrons. The molecule has 17 nitrogen and oxygen atoms in total. The summed E-state index contributed by atoms with van der Waals surface area (Å²) in [5.41, 5.74) is -1.02. The maximum atomic E-state index is 13.1. The molecule has 0 spiro atoms. The normalized spacial score (nSPS) is 19.7. The van der Waals surface area contributed by atoms with E-state index < -0.39 is 43.2 Å². The number of aliphatic hydroxyl groups is 2. The summed E-state index contributed by atoms with van der Waals surface area (Å²) in [4.78, 5) is 36.1. The van der Waals surface area contributed by atoms with Crippen LogP contribution in [0.4, 0.5) is 17.6 Å². The number of nitrogens with one attached hydrogen (secondary N) is 1. The number of carboxylic acids is 1. The van der Waals surface area contributed by atoms with Crippen LogP contribution in [0, 0.1) is 0 Å². The van der Waals surface area contributed by atoms with Crippen molar-refractivity contribution in [2.75, 3.05) is 26.3 Å². The molecule has 4 atom stereocenters. The van der Waals surface area contributed by atoms with E-state index >= 15 is 0 Å². The van der Waals surface area contributed by atoms with Gasteiger partial charge in [-0.2, -0.15) is 30.0 Å². The van der Waals surface area contributed by atoms with Crippen LogP contribution in [0.5, 0.6) is 11.8 Å². The number of hydrogen-bond donors (Lipinski definition) is 4.